The van der Waals surface area contributed by atoms with Crippen LogP contribution in [0.5, 0.6) is 0 Å². The van der Waals surface area contributed by atoms with Crippen LogP contribution < -0.4 is 0 Å². The molecule has 0 aliphatic carbocycles. The van der Waals surface area contributed by atoms with Crippen molar-refractivity contribution in [1.29, 1.82) is 0 Å². The first-order valence-corrected chi connectivity index (χ1v) is 23.1. The number of carbonyl (C=O) groups excluding carboxylic acids is 3. The van der Waals surface area contributed by atoms with Crippen molar-refractivity contribution in [3.63, 3.8) is 0 Å². The summed E-state index contributed by atoms with van der Waals surface area (Å²) in [6.07, 6.45) is -1.91. The predicted octanol–water partition coefficient (Wildman–Crippen LogP) is 6.81. The molecule has 3 aliphatic heterocycles. The fourth-order valence-electron chi connectivity index (χ4n) is 8.49. The molecule has 17 heteroatoms. The van der Waals surface area contributed by atoms with Crippen molar-refractivity contribution in [2.45, 2.75) is 148 Å². The van der Waals surface area contributed by atoms with Crippen molar-refractivity contribution in [2.24, 2.45) is 17.8 Å². The molecule has 4 unspecified atom stereocenters. The first-order valence-electron chi connectivity index (χ1n) is 21.9. The normalized spacial score (nSPS) is 30.0. The second-order valence-corrected chi connectivity index (χ2v) is 18.4. The van der Waals surface area contributed by atoms with Crippen LogP contribution in [0.15, 0.2) is 60.7 Å². The average molecular weight is 881 g/mol. The van der Waals surface area contributed by atoms with E-state index in [0.29, 0.717) is 32.4 Å². The molecule has 0 aromatic heterocycles. The van der Waals surface area contributed by atoms with Gasteiger partial charge < -0.3 is 14.4 Å². The van der Waals surface area contributed by atoms with Gasteiger partial charge in [0.05, 0.1) is 13.7 Å². The van der Waals surface area contributed by atoms with Crippen LogP contribution in [0.2, 0.25) is 0 Å². The molecule has 3 fully saturated rings. The Hall–Kier alpha value is -3.23. The van der Waals surface area contributed by atoms with Gasteiger partial charge in [0.25, 0.3) is 0 Å². The summed E-state index contributed by atoms with van der Waals surface area (Å²) in [6.45, 7) is 16.1. The number of carbonyl (C=O) groups is 3. The summed E-state index contributed by atoms with van der Waals surface area (Å²) in [7, 11) is 2.25. The predicted molar refractivity (Wildman–Crippen MR) is 234 cm³/mol. The van der Waals surface area contributed by atoms with Gasteiger partial charge in [0.1, 0.15) is 6.61 Å². The van der Waals surface area contributed by atoms with E-state index in [1.807, 2.05) is 74.5 Å². The standard InChI is InChI=1S/C45H65B2NO13P/c1-9-29(2)37-40(62-47-46-52)31(4)38(57-32(5)49)41(59-37)58-36-30(3)25-45(42(50)53-8,61-39(36)35-28-56-44(6,7)60-35)55-24-18-12-17-23-48(26-33-19-13-10-14-20-33)43(51)54-27-34-21-15-11-16-22-34/h10-11,13-16,19-22,29-31,35-41,62H,9,12,17-18,23-28H2,1-8H3/t29-,30+,31+,35+,36+,37?,38?,39?,40-,41-,45+/m0/s1. The van der Waals surface area contributed by atoms with Crippen LogP contribution in [-0.2, 0) is 70.1 Å². The number of esters is 2. The molecule has 5 rings (SSSR count). The average Bonchev–Trinajstić information content (AvgIpc) is 3.63. The Balaban J connectivity index is 1.29. The van der Waals surface area contributed by atoms with Crippen molar-refractivity contribution in [1.82, 2.24) is 4.90 Å². The van der Waals surface area contributed by atoms with Crippen LogP contribution in [0, 0.1) is 17.8 Å². The molecule has 1 amide bonds. The Labute approximate surface area is 370 Å². The number of nitrogens with zero attached hydrogens (tertiary/aromatic N) is 1. The first kappa shape index (κ1) is 49.8. The molecule has 3 saturated heterocycles. The minimum absolute atomic E-state index is 0.0803. The van der Waals surface area contributed by atoms with E-state index < -0.39 is 60.3 Å². The third kappa shape index (κ3) is 13.4. The monoisotopic (exact) mass is 880 g/mol. The van der Waals surface area contributed by atoms with Gasteiger partial charge in [0.2, 0.25) is 0 Å². The number of rotatable bonds is 21. The van der Waals surface area contributed by atoms with E-state index in [1.54, 1.807) is 25.6 Å². The molecule has 1 radical (unpaired) electrons. The Kier molecular flexibility index (Phi) is 19.0. The molecule has 0 spiro atoms. The van der Waals surface area contributed by atoms with Gasteiger partial charge in [-0.1, -0.05) is 60.7 Å². The fraction of sp³-hybridized carbons (Fsp3) is 0.667. The fourth-order valence-corrected chi connectivity index (χ4v) is 9.88. The molecule has 62 heavy (non-hydrogen) atoms. The Morgan fingerprint density at radius 3 is 2.27 bits per heavy atom. The van der Waals surface area contributed by atoms with Crippen molar-refractivity contribution < 1.29 is 61.7 Å². The first-order chi connectivity index (χ1) is 29.7. The van der Waals surface area contributed by atoms with Gasteiger partial charge in [-0.05, 0) is 44.2 Å². The zero-order chi connectivity index (χ0) is 44.9. The molecule has 0 N–H and O–H groups in total. The number of benzene rings is 2. The Morgan fingerprint density at radius 2 is 1.66 bits per heavy atom. The number of hydrogen-bond acceptors (Lipinski definition) is 13. The molecular formula is C45H65B2NO13P. The van der Waals surface area contributed by atoms with Crippen LogP contribution in [0.1, 0.15) is 91.7 Å². The molecule has 2 aromatic carbocycles. The van der Waals surface area contributed by atoms with Crippen LogP contribution >= 0.6 is 8.46 Å². The van der Waals surface area contributed by atoms with Crippen molar-refractivity contribution in [3.05, 3.63) is 71.8 Å². The summed E-state index contributed by atoms with van der Waals surface area (Å²) in [5, 5.41) is 0. The number of amides is 1. The molecule has 12 atom stereocenters. The summed E-state index contributed by atoms with van der Waals surface area (Å²) < 4.78 is 67.5. The topological polar surface area (TPSA) is 155 Å². The molecule has 14 nitrogen and oxygen atoms in total. The maximum absolute atomic E-state index is 13.8. The number of methoxy groups -OCH3 is 1. The summed E-state index contributed by atoms with van der Waals surface area (Å²) in [5.74, 6) is -4.37. The summed E-state index contributed by atoms with van der Waals surface area (Å²) >= 11 is 0. The molecule has 0 saturated carbocycles. The molecule has 3 aliphatic rings. The van der Waals surface area contributed by atoms with E-state index in [1.165, 1.54) is 14.0 Å². The molecular weight excluding hydrogens is 815 g/mol. The summed E-state index contributed by atoms with van der Waals surface area (Å²) in [5.41, 5.74) is 1.82. The van der Waals surface area contributed by atoms with Gasteiger partial charge >= 0.3 is 209 Å². The second kappa shape index (κ2) is 23.6. The Morgan fingerprint density at radius 1 is 0.968 bits per heavy atom. The number of hydrogen-bond donors (Lipinski definition) is 0. The van der Waals surface area contributed by atoms with Gasteiger partial charge in [0.15, 0.2) is 0 Å². The van der Waals surface area contributed by atoms with E-state index in [0.717, 1.165) is 24.6 Å². The minimum atomic E-state index is -1.79. The van der Waals surface area contributed by atoms with Crippen LogP contribution in [-0.4, -0.2) is 118 Å². The van der Waals surface area contributed by atoms with Crippen molar-refractivity contribution in [2.75, 3.05) is 26.9 Å². The quantitative estimate of drug-likeness (QED) is 0.0424. The van der Waals surface area contributed by atoms with Gasteiger partial charge in [-0.25, -0.2) is 9.59 Å². The second-order valence-electron chi connectivity index (χ2n) is 17.1. The van der Waals surface area contributed by atoms with E-state index in [4.69, 9.17) is 42.6 Å². The van der Waals surface area contributed by atoms with E-state index in [9.17, 15) is 19.1 Å². The molecule has 0 bridgehead atoms. The van der Waals surface area contributed by atoms with Gasteiger partial charge in [-0.15, -0.1) is 0 Å². The van der Waals surface area contributed by atoms with E-state index in [2.05, 4.69) is 13.8 Å². The summed E-state index contributed by atoms with van der Waals surface area (Å²) in [6, 6.07) is 19.3. The molecule has 339 valence electrons. The third-order valence-corrected chi connectivity index (χ3v) is 13.5. The third-order valence-electron chi connectivity index (χ3n) is 11.9. The van der Waals surface area contributed by atoms with Crippen LogP contribution in [0.3, 0.4) is 0 Å². The van der Waals surface area contributed by atoms with E-state index >= 15 is 0 Å². The van der Waals surface area contributed by atoms with Gasteiger partial charge in [-0.3, -0.25) is 0 Å². The van der Waals surface area contributed by atoms with Crippen molar-refractivity contribution >= 4 is 40.4 Å². The maximum atomic E-state index is 13.8. The van der Waals surface area contributed by atoms with Crippen LogP contribution in [0.25, 0.3) is 0 Å². The number of unbranched alkanes of at least 4 members (excludes halogenated alkanes) is 2. The molecule has 2 aromatic rings. The molecule has 3 heterocycles. The van der Waals surface area contributed by atoms with Gasteiger partial charge in [0, 0.05) is 13.1 Å². The van der Waals surface area contributed by atoms with Gasteiger partial charge in [-0.2, -0.15) is 0 Å². The summed E-state index contributed by atoms with van der Waals surface area (Å²) in [4.78, 5) is 41.3. The SMILES string of the molecule is CC[C@H](C)C1O[C@H](O[C@H]2C([C@H]3COC(C)(C)O3)O[C@@](OCCCCCN(Cc3ccccc3)C(=O)OCc3ccccc3)(C(=O)OC)C[C@H]2C)C(OC(C)=O)[C@@H](C)[C@@H]1P[B]B=O. The number of ether oxygens (including phenoxy) is 9. The zero-order valence-corrected chi connectivity index (χ0v) is 38.5. The van der Waals surface area contributed by atoms with Crippen LogP contribution in [0.4, 0.5) is 4.79 Å². The Bertz CT molecular complexity index is 1730. The zero-order valence-electron chi connectivity index (χ0n) is 37.5. The van der Waals surface area contributed by atoms with E-state index in [-0.39, 0.29) is 64.2 Å². The van der Waals surface area contributed by atoms with Crippen molar-refractivity contribution in [3.8, 4) is 0 Å².